The summed E-state index contributed by atoms with van der Waals surface area (Å²) in [5, 5.41) is 3.03. The molecule has 1 aliphatic heterocycles. The van der Waals surface area contributed by atoms with Crippen LogP contribution in [0.4, 0.5) is 10.2 Å². The van der Waals surface area contributed by atoms with Gasteiger partial charge in [0.25, 0.3) is 11.5 Å². The number of nitrogens with zero attached hydrogens (tertiary/aromatic N) is 1. The molecule has 3 aromatic rings. The molecule has 0 radical (unpaired) electrons. The second-order valence-corrected chi connectivity index (χ2v) is 8.71. The van der Waals surface area contributed by atoms with E-state index in [2.05, 4.69) is 15.3 Å². The number of nitrogens with two attached hydrogens (primary N) is 1. The van der Waals surface area contributed by atoms with Gasteiger partial charge in [-0.3, -0.25) is 14.4 Å². The Morgan fingerprint density at radius 1 is 1.17 bits per heavy atom. The minimum Gasteiger partial charge on any atom is -0.490 e. The van der Waals surface area contributed by atoms with Crippen molar-refractivity contribution in [2.24, 2.45) is 5.73 Å². The Morgan fingerprint density at radius 2 is 1.94 bits per heavy atom. The number of ether oxygens (including phenoxy) is 2. The summed E-state index contributed by atoms with van der Waals surface area (Å²) in [6, 6.07) is 11.1. The Hall–Kier alpha value is -3.86. The third kappa shape index (κ3) is 5.80. The highest BCUT2D eigenvalue weighted by Gasteiger charge is 2.31. The van der Waals surface area contributed by atoms with E-state index in [4.69, 9.17) is 15.2 Å². The second-order valence-electron chi connectivity index (χ2n) is 7.75. The average molecular weight is 499 g/mol. The van der Waals surface area contributed by atoms with Gasteiger partial charge >= 0.3 is 0 Å². The van der Waals surface area contributed by atoms with E-state index in [9.17, 15) is 18.8 Å². The maximum absolute atomic E-state index is 13.1. The van der Waals surface area contributed by atoms with Gasteiger partial charge in [0.1, 0.15) is 11.6 Å². The number of anilines is 1. The van der Waals surface area contributed by atoms with Gasteiger partial charge in [0.15, 0.2) is 23.3 Å². The smallest absolute Gasteiger partial charge is 0.257 e. The van der Waals surface area contributed by atoms with Gasteiger partial charge in [-0.1, -0.05) is 30.0 Å². The molecule has 0 spiro atoms. The molecule has 2 amide bonds. The Balaban J connectivity index is 1.63. The number of aromatic amines is 1. The number of benzene rings is 2. The number of nitrogens with one attached hydrogen (secondary N) is 2. The first-order valence-corrected chi connectivity index (χ1v) is 11.8. The van der Waals surface area contributed by atoms with Crippen molar-refractivity contribution in [3.8, 4) is 11.5 Å². The number of carbonyl (C=O) groups excluding carboxylic acids is 2. The minimum atomic E-state index is -0.625. The van der Waals surface area contributed by atoms with Crippen molar-refractivity contribution in [2.45, 2.75) is 30.2 Å². The van der Waals surface area contributed by atoms with Crippen molar-refractivity contribution in [3.63, 3.8) is 0 Å². The van der Waals surface area contributed by atoms with Crippen LogP contribution in [-0.2, 0) is 15.3 Å². The van der Waals surface area contributed by atoms with Gasteiger partial charge < -0.3 is 25.5 Å². The van der Waals surface area contributed by atoms with Gasteiger partial charge in [0, 0.05) is 18.1 Å². The summed E-state index contributed by atoms with van der Waals surface area (Å²) < 4.78 is 24.2. The number of H-pyrrole nitrogens is 1. The van der Waals surface area contributed by atoms with Crippen LogP contribution >= 0.6 is 11.8 Å². The van der Waals surface area contributed by atoms with E-state index in [0.29, 0.717) is 40.1 Å². The quantitative estimate of drug-likeness (QED) is 0.305. The number of thioether (sulfide) groups is 1. The number of primary amides is 1. The number of hydrogen-bond acceptors (Lipinski definition) is 7. The number of rotatable bonds is 9. The lowest BCUT2D eigenvalue weighted by Crippen LogP contribution is -2.31. The number of amides is 2. The lowest BCUT2D eigenvalue weighted by molar-refractivity contribution is -0.120. The zero-order chi connectivity index (χ0) is 24.9. The molecular formula is C24H23FN4O5S. The molecule has 9 nitrogen and oxygen atoms in total. The van der Waals surface area contributed by atoms with E-state index in [1.54, 1.807) is 37.3 Å². The van der Waals surface area contributed by atoms with Crippen molar-refractivity contribution in [2.75, 3.05) is 18.5 Å². The molecule has 0 saturated carbocycles. The van der Waals surface area contributed by atoms with Gasteiger partial charge in [0.05, 0.1) is 12.2 Å². The van der Waals surface area contributed by atoms with Crippen LogP contribution in [0.5, 0.6) is 11.5 Å². The number of aromatic nitrogens is 2. The van der Waals surface area contributed by atoms with Crippen LogP contribution in [0.3, 0.4) is 0 Å². The molecule has 11 heteroatoms. The standard InChI is InChI=1S/C24H23FN4O5S/c1-2-33-18-9-14(5-8-17(18)34-11-19(26)30)16-10-20(31)27-22-21(16)23(32)29-24(28-22)35-12-13-3-6-15(25)7-4-13/h3-9,16H,2,10-12H2,1H3,(H2,26,30)(H2,27,28,29,31,32)/t16-/m1/s1. The highest BCUT2D eigenvalue weighted by molar-refractivity contribution is 7.98. The maximum atomic E-state index is 13.1. The molecule has 4 N–H and O–H groups in total. The predicted molar refractivity (Wildman–Crippen MR) is 128 cm³/mol. The van der Waals surface area contributed by atoms with Crippen molar-refractivity contribution in [1.29, 1.82) is 0 Å². The third-order valence-electron chi connectivity index (χ3n) is 5.26. The summed E-state index contributed by atoms with van der Waals surface area (Å²) in [6.07, 6.45) is 0.0485. The van der Waals surface area contributed by atoms with Crippen molar-refractivity contribution in [3.05, 3.63) is 75.3 Å². The molecule has 1 aliphatic rings. The monoisotopic (exact) mass is 498 g/mol. The van der Waals surface area contributed by atoms with Crippen molar-refractivity contribution < 1.29 is 23.5 Å². The van der Waals surface area contributed by atoms with Gasteiger partial charge in [-0.05, 0) is 42.3 Å². The Kier molecular flexibility index (Phi) is 7.35. The first kappa shape index (κ1) is 24.3. The number of halogens is 1. The van der Waals surface area contributed by atoms with E-state index in [1.165, 1.54) is 23.9 Å². The van der Waals surface area contributed by atoms with E-state index in [1.807, 2.05) is 0 Å². The number of carbonyl (C=O) groups is 2. The second kappa shape index (κ2) is 10.6. The topological polar surface area (TPSA) is 136 Å². The summed E-state index contributed by atoms with van der Waals surface area (Å²) >= 11 is 1.27. The van der Waals surface area contributed by atoms with Gasteiger partial charge in [-0.15, -0.1) is 0 Å². The van der Waals surface area contributed by atoms with Crippen LogP contribution < -0.4 is 26.1 Å². The molecule has 2 heterocycles. The Bertz CT molecular complexity index is 1310. The molecule has 0 aliphatic carbocycles. The fraction of sp³-hybridized carbons (Fsp3) is 0.250. The van der Waals surface area contributed by atoms with E-state index < -0.39 is 11.8 Å². The van der Waals surface area contributed by atoms with E-state index >= 15 is 0 Å². The summed E-state index contributed by atoms with van der Waals surface area (Å²) in [5.74, 6) is -0.428. The number of hydrogen-bond donors (Lipinski definition) is 3. The maximum Gasteiger partial charge on any atom is 0.257 e. The summed E-state index contributed by atoms with van der Waals surface area (Å²) in [7, 11) is 0. The lowest BCUT2D eigenvalue weighted by atomic mass is 9.86. The average Bonchev–Trinajstić information content (AvgIpc) is 2.82. The molecule has 0 saturated heterocycles. The molecular weight excluding hydrogens is 475 g/mol. The fourth-order valence-corrected chi connectivity index (χ4v) is 4.53. The zero-order valence-electron chi connectivity index (χ0n) is 18.8. The molecule has 1 aromatic heterocycles. The van der Waals surface area contributed by atoms with E-state index in [0.717, 1.165) is 5.56 Å². The third-order valence-corrected chi connectivity index (χ3v) is 6.20. The molecule has 182 valence electrons. The largest absolute Gasteiger partial charge is 0.490 e. The van der Waals surface area contributed by atoms with Crippen molar-refractivity contribution >= 4 is 29.4 Å². The molecule has 0 fully saturated rings. The van der Waals surface area contributed by atoms with Crippen LogP contribution in [-0.4, -0.2) is 35.0 Å². The van der Waals surface area contributed by atoms with E-state index in [-0.39, 0.29) is 36.1 Å². The molecule has 0 bridgehead atoms. The molecule has 0 unspecified atom stereocenters. The summed E-state index contributed by atoms with van der Waals surface area (Å²) in [5.41, 5.74) is 6.65. The predicted octanol–water partition coefficient (Wildman–Crippen LogP) is 2.94. The molecule has 35 heavy (non-hydrogen) atoms. The Morgan fingerprint density at radius 3 is 2.66 bits per heavy atom. The molecule has 4 rings (SSSR count). The zero-order valence-corrected chi connectivity index (χ0v) is 19.6. The van der Waals surface area contributed by atoms with Gasteiger partial charge in [-0.2, -0.15) is 0 Å². The summed E-state index contributed by atoms with van der Waals surface area (Å²) in [4.78, 5) is 43.9. The van der Waals surface area contributed by atoms with Crippen molar-refractivity contribution in [1.82, 2.24) is 9.97 Å². The van der Waals surface area contributed by atoms with Gasteiger partial charge in [-0.25, -0.2) is 9.37 Å². The van der Waals surface area contributed by atoms with Crippen LogP contribution in [0, 0.1) is 5.82 Å². The number of fused-ring (bicyclic) bond motifs is 1. The highest BCUT2D eigenvalue weighted by atomic mass is 32.2. The Labute approximate surface area is 204 Å². The SMILES string of the molecule is CCOc1cc([C@H]2CC(=O)Nc3nc(SCc4ccc(F)cc4)[nH]c(=O)c32)ccc1OCC(N)=O. The lowest BCUT2D eigenvalue weighted by Gasteiger charge is -2.25. The minimum absolute atomic E-state index is 0.0485. The first-order chi connectivity index (χ1) is 16.8. The van der Waals surface area contributed by atoms with Crippen LogP contribution in [0.2, 0.25) is 0 Å². The van der Waals surface area contributed by atoms with Gasteiger partial charge in [0.2, 0.25) is 5.91 Å². The molecule has 2 aromatic carbocycles. The fourth-order valence-electron chi connectivity index (χ4n) is 3.71. The van der Waals surface area contributed by atoms with Crippen LogP contribution in [0.15, 0.2) is 52.4 Å². The normalized spacial score (nSPS) is 14.7. The first-order valence-electron chi connectivity index (χ1n) is 10.8. The summed E-state index contributed by atoms with van der Waals surface area (Å²) in [6.45, 7) is 1.83. The molecule has 1 atom stereocenters. The van der Waals surface area contributed by atoms with Crippen LogP contribution in [0.1, 0.15) is 36.0 Å². The highest BCUT2D eigenvalue weighted by Crippen LogP contribution is 2.38. The van der Waals surface area contributed by atoms with Crippen LogP contribution in [0.25, 0.3) is 0 Å².